The van der Waals surface area contributed by atoms with E-state index in [0.29, 0.717) is 0 Å². The Labute approximate surface area is 109 Å². The lowest BCUT2D eigenvalue weighted by molar-refractivity contribution is 0.434. The molecule has 1 aliphatic heterocycles. The Morgan fingerprint density at radius 1 is 1.29 bits per heavy atom. The van der Waals surface area contributed by atoms with Gasteiger partial charge in [-0.05, 0) is 44.1 Å². The lowest BCUT2D eigenvalue weighted by Gasteiger charge is -2.20. The summed E-state index contributed by atoms with van der Waals surface area (Å²) in [5.41, 5.74) is 0. The van der Waals surface area contributed by atoms with Crippen LogP contribution in [0, 0.1) is 11.8 Å². The molecule has 1 saturated heterocycles. The van der Waals surface area contributed by atoms with Crippen molar-refractivity contribution in [3.63, 3.8) is 0 Å². The molecule has 0 aromatic carbocycles. The molecule has 102 valence electrons. The van der Waals surface area contributed by atoms with Gasteiger partial charge in [0.25, 0.3) is 0 Å². The maximum absolute atomic E-state index is 3.47. The first-order valence-electron chi connectivity index (χ1n) is 7.75. The number of rotatable bonds is 6. The molecule has 0 radical (unpaired) electrons. The molecule has 1 heteroatoms. The number of nitrogens with one attached hydrogen (secondary N) is 1. The number of allylic oxidation sites excluding steroid dienone is 1. The first-order chi connectivity index (χ1) is 8.36. The van der Waals surface area contributed by atoms with Crippen LogP contribution in [-0.4, -0.2) is 13.1 Å². The topological polar surface area (TPSA) is 12.0 Å². The first kappa shape index (κ1) is 16.7. The Morgan fingerprint density at radius 3 is 2.59 bits per heavy atom. The van der Waals surface area contributed by atoms with Crippen molar-refractivity contribution < 1.29 is 0 Å². The van der Waals surface area contributed by atoms with Gasteiger partial charge in [0.15, 0.2) is 0 Å². The van der Waals surface area contributed by atoms with E-state index in [1.165, 1.54) is 51.6 Å². The van der Waals surface area contributed by atoms with Crippen LogP contribution < -0.4 is 5.32 Å². The van der Waals surface area contributed by atoms with E-state index in [1.807, 2.05) is 13.8 Å². The average molecular weight is 239 g/mol. The molecule has 0 spiro atoms. The molecule has 1 N–H and O–H groups in total. The third-order valence-electron chi connectivity index (χ3n) is 3.44. The van der Waals surface area contributed by atoms with Crippen LogP contribution in [0.5, 0.6) is 0 Å². The fourth-order valence-electron chi connectivity index (χ4n) is 2.26. The minimum Gasteiger partial charge on any atom is -0.316 e. The van der Waals surface area contributed by atoms with Gasteiger partial charge >= 0.3 is 0 Å². The minimum atomic E-state index is 0.800. The SMILES string of the molecule is CC.CCCCC(/C=C/C1CCCNC1)CC. The van der Waals surface area contributed by atoms with E-state index in [9.17, 15) is 0 Å². The van der Waals surface area contributed by atoms with Crippen LogP contribution in [0.2, 0.25) is 0 Å². The van der Waals surface area contributed by atoms with Crippen molar-refractivity contribution in [3.8, 4) is 0 Å². The number of piperidine rings is 1. The van der Waals surface area contributed by atoms with Crippen molar-refractivity contribution in [2.24, 2.45) is 11.8 Å². The summed E-state index contributed by atoms with van der Waals surface area (Å²) in [6.45, 7) is 11.0. The second kappa shape index (κ2) is 12.2. The van der Waals surface area contributed by atoms with Crippen LogP contribution in [0.25, 0.3) is 0 Å². The number of hydrogen-bond acceptors (Lipinski definition) is 1. The van der Waals surface area contributed by atoms with Crippen LogP contribution in [-0.2, 0) is 0 Å². The van der Waals surface area contributed by atoms with Gasteiger partial charge in [-0.25, -0.2) is 0 Å². The van der Waals surface area contributed by atoms with E-state index < -0.39 is 0 Å². The smallest absolute Gasteiger partial charge is 0.00142 e. The van der Waals surface area contributed by atoms with Crippen LogP contribution in [0.15, 0.2) is 12.2 Å². The molecule has 0 saturated carbocycles. The molecule has 1 rings (SSSR count). The minimum absolute atomic E-state index is 0.800. The predicted molar refractivity (Wildman–Crippen MR) is 79.4 cm³/mol. The maximum atomic E-state index is 3.47. The van der Waals surface area contributed by atoms with Crippen molar-refractivity contribution in [3.05, 3.63) is 12.2 Å². The second-order valence-electron chi connectivity index (χ2n) is 4.80. The van der Waals surface area contributed by atoms with Crippen molar-refractivity contribution in [2.75, 3.05) is 13.1 Å². The Bertz CT molecular complexity index is 168. The molecule has 0 aromatic heterocycles. The van der Waals surface area contributed by atoms with Crippen molar-refractivity contribution in [2.45, 2.75) is 66.2 Å². The Kier molecular flexibility index (Phi) is 12.0. The van der Waals surface area contributed by atoms with Gasteiger partial charge in [-0.3, -0.25) is 0 Å². The molecule has 0 aromatic rings. The van der Waals surface area contributed by atoms with Gasteiger partial charge in [-0.1, -0.05) is 52.7 Å². The molecule has 1 nitrogen and oxygen atoms in total. The van der Waals surface area contributed by atoms with Gasteiger partial charge in [0.2, 0.25) is 0 Å². The van der Waals surface area contributed by atoms with Gasteiger partial charge < -0.3 is 5.32 Å². The summed E-state index contributed by atoms with van der Waals surface area (Å²) < 4.78 is 0. The Morgan fingerprint density at radius 2 is 2.06 bits per heavy atom. The molecule has 17 heavy (non-hydrogen) atoms. The van der Waals surface area contributed by atoms with Crippen LogP contribution in [0.1, 0.15) is 66.2 Å². The fraction of sp³-hybridized carbons (Fsp3) is 0.875. The lowest BCUT2D eigenvalue weighted by atomic mass is 9.94. The zero-order chi connectivity index (χ0) is 12.9. The molecule has 0 amide bonds. The molecular weight excluding hydrogens is 206 g/mol. The molecule has 1 fully saturated rings. The van der Waals surface area contributed by atoms with Crippen molar-refractivity contribution >= 4 is 0 Å². The van der Waals surface area contributed by atoms with E-state index in [4.69, 9.17) is 0 Å². The largest absolute Gasteiger partial charge is 0.316 e. The van der Waals surface area contributed by atoms with Gasteiger partial charge in [-0.2, -0.15) is 0 Å². The molecule has 1 aliphatic rings. The highest BCUT2D eigenvalue weighted by Crippen LogP contribution is 2.17. The van der Waals surface area contributed by atoms with Gasteiger partial charge in [-0.15, -0.1) is 0 Å². The van der Waals surface area contributed by atoms with Crippen LogP contribution >= 0.6 is 0 Å². The van der Waals surface area contributed by atoms with Gasteiger partial charge in [0, 0.05) is 6.54 Å². The molecule has 2 atom stereocenters. The lowest BCUT2D eigenvalue weighted by Crippen LogP contribution is -2.28. The molecular formula is C16H33N. The molecule has 0 aliphatic carbocycles. The third-order valence-corrected chi connectivity index (χ3v) is 3.44. The summed E-state index contributed by atoms with van der Waals surface area (Å²) in [7, 11) is 0. The second-order valence-corrected chi connectivity index (χ2v) is 4.80. The van der Waals surface area contributed by atoms with Crippen LogP contribution in [0.4, 0.5) is 0 Å². The highest BCUT2D eigenvalue weighted by Gasteiger charge is 2.09. The summed E-state index contributed by atoms with van der Waals surface area (Å²) in [6.07, 6.45) is 13.1. The highest BCUT2D eigenvalue weighted by atomic mass is 14.9. The van der Waals surface area contributed by atoms with E-state index in [1.54, 1.807) is 0 Å². The Balaban J connectivity index is 0.00000121. The zero-order valence-electron chi connectivity index (χ0n) is 12.5. The maximum Gasteiger partial charge on any atom is 0.00142 e. The third kappa shape index (κ3) is 8.43. The molecule has 0 bridgehead atoms. The number of hydrogen-bond donors (Lipinski definition) is 1. The van der Waals surface area contributed by atoms with Gasteiger partial charge in [0.05, 0.1) is 0 Å². The normalized spacial score (nSPS) is 22.0. The summed E-state index contributed by atoms with van der Waals surface area (Å²) in [4.78, 5) is 0. The quantitative estimate of drug-likeness (QED) is 0.657. The summed E-state index contributed by atoms with van der Waals surface area (Å²) in [5, 5.41) is 3.47. The van der Waals surface area contributed by atoms with Crippen molar-refractivity contribution in [1.82, 2.24) is 5.32 Å². The van der Waals surface area contributed by atoms with E-state index in [2.05, 4.69) is 31.3 Å². The summed E-state index contributed by atoms with van der Waals surface area (Å²) in [5.74, 6) is 1.63. The standard InChI is InChI=1S/C14H27N.C2H6/c1-3-5-7-13(4-2)9-10-14-8-6-11-15-12-14;1-2/h9-10,13-15H,3-8,11-12H2,1-2H3;1-2H3/b10-9+;. The van der Waals surface area contributed by atoms with Gasteiger partial charge in [0.1, 0.15) is 0 Å². The molecule has 2 unspecified atom stereocenters. The fourth-order valence-corrected chi connectivity index (χ4v) is 2.26. The van der Waals surface area contributed by atoms with E-state index >= 15 is 0 Å². The van der Waals surface area contributed by atoms with Crippen LogP contribution in [0.3, 0.4) is 0 Å². The summed E-state index contributed by atoms with van der Waals surface area (Å²) >= 11 is 0. The zero-order valence-corrected chi connectivity index (χ0v) is 12.5. The average Bonchev–Trinajstić information content (AvgIpc) is 2.42. The van der Waals surface area contributed by atoms with E-state index in [-0.39, 0.29) is 0 Å². The molecule has 1 heterocycles. The van der Waals surface area contributed by atoms with E-state index in [0.717, 1.165) is 11.8 Å². The monoisotopic (exact) mass is 239 g/mol. The summed E-state index contributed by atoms with van der Waals surface area (Å²) in [6, 6.07) is 0. The first-order valence-corrected chi connectivity index (χ1v) is 7.75. The highest BCUT2D eigenvalue weighted by molar-refractivity contribution is 4.94. The van der Waals surface area contributed by atoms with Crippen molar-refractivity contribution in [1.29, 1.82) is 0 Å². The predicted octanol–water partition coefficient (Wildman–Crippen LogP) is 4.78. The number of unbranched alkanes of at least 4 members (excludes halogenated alkanes) is 1. The Hall–Kier alpha value is -0.300.